The van der Waals surface area contributed by atoms with E-state index in [0.717, 1.165) is 61.2 Å². The molecule has 10 rings (SSSR count). The fourth-order valence-corrected chi connectivity index (χ4v) is 7.47. The van der Waals surface area contributed by atoms with Crippen molar-refractivity contribution in [2.24, 2.45) is 9.98 Å². The summed E-state index contributed by atoms with van der Waals surface area (Å²) in [4.78, 5) is 10.4. The van der Waals surface area contributed by atoms with Crippen molar-refractivity contribution >= 4 is 55.2 Å². The lowest BCUT2D eigenvalue weighted by Gasteiger charge is -2.25. The van der Waals surface area contributed by atoms with Crippen LogP contribution < -0.4 is 5.32 Å². The first kappa shape index (κ1) is 29.2. The molecule has 0 saturated heterocycles. The predicted molar refractivity (Wildman–Crippen MR) is 211 cm³/mol. The normalized spacial score (nSPS) is 14.5. The molecule has 51 heavy (non-hydrogen) atoms. The van der Waals surface area contributed by atoms with Crippen LogP contribution in [0.2, 0.25) is 0 Å². The first-order valence-corrected chi connectivity index (χ1v) is 17.3. The van der Waals surface area contributed by atoms with Gasteiger partial charge in [-0.3, -0.25) is 0 Å². The molecule has 0 aliphatic carbocycles. The molecule has 9 aromatic rings. The lowest BCUT2D eigenvalue weighted by atomic mass is 9.91. The monoisotopic (exact) mass is 653 g/mol. The van der Waals surface area contributed by atoms with E-state index in [2.05, 4.69) is 145 Å². The Bertz CT molecular complexity index is 2820. The number of furan rings is 1. The average Bonchev–Trinajstić information content (AvgIpc) is 3.59. The molecule has 1 unspecified atom stereocenters. The Labute approximate surface area is 295 Å². The number of hydrogen-bond acceptors (Lipinski definition) is 4. The predicted octanol–water partition coefficient (Wildman–Crippen LogP) is 11.7. The third kappa shape index (κ3) is 5.08. The second-order valence-electron chi connectivity index (χ2n) is 13.0. The van der Waals surface area contributed by atoms with Crippen molar-refractivity contribution in [2.75, 3.05) is 0 Å². The van der Waals surface area contributed by atoms with Gasteiger partial charge in [0.25, 0.3) is 0 Å². The Kier molecular flexibility index (Phi) is 6.85. The van der Waals surface area contributed by atoms with Gasteiger partial charge in [0, 0.05) is 27.5 Å². The molecule has 1 N–H and O–H groups in total. The van der Waals surface area contributed by atoms with Crippen LogP contribution in [-0.4, -0.2) is 11.7 Å². The quantitative estimate of drug-likeness (QED) is 0.188. The highest BCUT2D eigenvalue weighted by Gasteiger charge is 2.26. The van der Waals surface area contributed by atoms with Gasteiger partial charge in [-0.25, -0.2) is 9.98 Å². The van der Waals surface area contributed by atoms with Crippen LogP contribution in [0, 0.1) is 0 Å². The van der Waals surface area contributed by atoms with Gasteiger partial charge in [-0.15, -0.1) is 0 Å². The Morgan fingerprint density at radius 1 is 0.451 bits per heavy atom. The maximum atomic E-state index is 6.62. The number of nitrogens with zero attached hydrogens (tertiary/aromatic N) is 2. The number of benzene rings is 8. The summed E-state index contributed by atoms with van der Waals surface area (Å²) < 4.78 is 6.62. The number of rotatable bonds is 5. The summed E-state index contributed by atoms with van der Waals surface area (Å²) >= 11 is 0. The van der Waals surface area contributed by atoms with E-state index in [0.29, 0.717) is 5.84 Å². The summed E-state index contributed by atoms with van der Waals surface area (Å²) in [7, 11) is 0. The minimum absolute atomic E-state index is 0.434. The van der Waals surface area contributed by atoms with Gasteiger partial charge in [-0.2, -0.15) is 0 Å². The Hall–Kier alpha value is -6.78. The van der Waals surface area contributed by atoms with Crippen LogP contribution >= 0.6 is 0 Å². The minimum Gasteiger partial charge on any atom is -0.456 e. The van der Waals surface area contributed by atoms with E-state index in [1.165, 1.54) is 27.1 Å². The van der Waals surface area contributed by atoms with Crippen LogP contribution in [0.25, 0.3) is 65.7 Å². The molecule has 0 fully saturated rings. The Morgan fingerprint density at radius 2 is 1.06 bits per heavy atom. The molecule has 1 aromatic heterocycles. The van der Waals surface area contributed by atoms with Crippen molar-refractivity contribution < 1.29 is 4.42 Å². The summed E-state index contributed by atoms with van der Waals surface area (Å²) in [6.07, 6.45) is -0.434. The molecule has 2 heterocycles. The van der Waals surface area contributed by atoms with Gasteiger partial charge >= 0.3 is 0 Å². The summed E-state index contributed by atoms with van der Waals surface area (Å²) in [6.45, 7) is 0. The van der Waals surface area contributed by atoms with Gasteiger partial charge in [0.05, 0.1) is 0 Å². The van der Waals surface area contributed by atoms with Gasteiger partial charge in [-0.1, -0.05) is 152 Å². The number of amidine groups is 2. The van der Waals surface area contributed by atoms with E-state index in [1.54, 1.807) is 0 Å². The molecule has 1 atom stereocenters. The van der Waals surface area contributed by atoms with E-state index in [1.807, 2.05) is 36.4 Å². The number of para-hydroxylation sites is 1. The van der Waals surface area contributed by atoms with Crippen LogP contribution in [0.3, 0.4) is 0 Å². The topological polar surface area (TPSA) is 49.9 Å². The molecular weight excluding hydrogens is 623 g/mol. The molecule has 0 radical (unpaired) electrons. The van der Waals surface area contributed by atoms with Crippen LogP contribution in [0.15, 0.2) is 190 Å². The first-order chi connectivity index (χ1) is 25.3. The highest BCUT2D eigenvalue weighted by molar-refractivity contribution is 6.16. The smallest absolute Gasteiger partial charge is 0.159 e. The molecule has 0 spiro atoms. The molecule has 240 valence electrons. The zero-order valence-electron chi connectivity index (χ0n) is 27.6. The van der Waals surface area contributed by atoms with Crippen LogP contribution in [0.5, 0.6) is 0 Å². The number of nitrogens with one attached hydrogen (secondary N) is 1. The minimum atomic E-state index is -0.434. The largest absolute Gasteiger partial charge is 0.456 e. The summed E-state index contributed by atoms with van der Waals surface area (Å²) in [5.74, 6) is 1.46. The Balaban J connectivity index is 1.18. The molecule has 0 amide bonds. The summed E-state index contributed by atoms with van der Waals surface area (Å²) in [5.41, 5.74) is 9.24. The second-order valence-corrected chi connectivity index (χ2v) is 13.0. The summed E-state index contributed by atoms with van der Waals surface area (Å²) in [6, 6.07) is 61.6. The third-order valence-electron chi connectivity index (χ3n) is 9.92. The van der Waals surface area contributed by atoms with Crippen molar-refractivity contribution in [1.82, 2.24) is 5.32 Å². The van der Waals surface area contributed by atoms with Crippen molar-refractivity contribution in [3.8, 4) is 22.3 Å². The van der Waals surface area contributed by atoms with Crippen LogP contribution in [-0.2, 0) is 0 Å². The van der Waals surface area contributed by atoms with Crippen molar-refractivity contribution in [1.29, 1.82) is 0 Å². The second kappa shape index (κ2) is 12.0. The van der Waals surface area contributed by atoms with Crippen molar-refractivity contribution in [2.45, 2.75) is 6.17 Å². The zero-order chi connectivity index (χ0) is 33.7. The summed E-state index contributed by atoms with van der Waals surface area (Å²) in [5, 5.41) is 10.7. The Morgan fingerprint density at radius 3 is 1.84 bits per heavy atom. The SMILES string of the molecule is c1ccc(C2=NC(c3cc(-c4cc5ccccc5c5ccccc45)cc4oc5ccccc5c34)NC(c3ccc(-c4ccccc4)cc3)=N2)cc1. The molecule has 0 saturated carbocycles. The number of fused-ring (bicyclic) bond motifs is 6. The molecule has 1 aliphatic rings. The van der Waals surface area contributed by atoms with Gasteiger partial charge in [0.1, 0.15) is 23.2 Å². The van der Waals surface area contributed by atoms with Crippen molar-refractivity contribution in [3.63, 3.8) is 0 Å². The standard InChI is InChI=1S/C47H31N3O/c1-3-13-30(14-4-1)31-23-25-33(26-24-31)46-48-45(32-15-5-2-6-16-32)49-47(50-46)41-28-35(29-43-44(41)39-21-11-12-22-42(39)51-43)40-27-34-17-7-8-18-36(34)37-19-9-10-20-38(37)40/h1-29,47H,(H,48,49,50). The van der Waals surface area contributed by atoms with Gasteiger partial charge < -0.3 is 9.73 Å². The molecular formula is C47H31N3O. The molecule has 4 nitrogen and oxygen atoms in total. The lowest BCUT2D eigenvalue weighted by Crippen LogP contribution is -2.33. The molecule has 0 bridgehead atoms. The average molecular weight is 654 g/mol. The van der Waals surface area contributed by atoms with Gasteiger partial charge in [-0.05, 0) is 68.1 Å². The maximum absolute atomic E-state index is 6.62. The van der Waals surface area contributed by atoms with E-state index in [4.69, 9.17) is 14.4 Å². The van der Waals surface area contributed by atoms with Crippen LogP contribution in [0.4, 0.5) is 0 Å². The highest BCUT2D eigenvalue weighted by Crippen LogP contribution is 2.42. The zero-order valence-corrected chi connectivity index (χ0v) is 27.6. The molecule has 4 heteroatoms. The number of aliphatic imine (C=N–C) groups is 2. The van der Waals surface area contributed by atoms with Gasteiger partial charge in [0.15, 0.2) is 5.84 Å². The number of hydrogen-bond donors (Lipinski definition) is 1. The lowest BCUT2D eigenvalue weighted by molar-refractivity contribution is 0.662. The molecule has 1 aliphatic heterocycles. The van der Waals surface area contributed by atoms with Crippen LogP contribution in [0.1, 0.15) is 22.9 Å². The van der Waals surface area contributed by atoms with Gasteiger partial charge in [0.2, 0.25) is 0 Å². The molecule has 8 aromatic carbocycles. The fourth-order valence-electron chi connectivity index (χ4n) is 7.47. The maximum Gasteiger partial charge on any atom is 0.159 e. The van der Waals surface area contributed by atoms with E-state index >= 15 is 0 Å². The fraction of sp³-hybridized carbons (Fsp3) is 0.0213. The van der Waals surface area contributed by atoms with E-state index < -0.39 is 6.17 Å². The first-order valence-electron chi connectivity index (χ1n) is 17.3. The van der Waals surface area contributed by atoms with Crippen molar-refractivity contribution in [3.05, 3.63) is 193 Å². The van der Waals surface area contributed by atoms with E-state index in [9.17, 15) is 0 Å². The third-order valence-corrected chi connectivity index (χ3v) is 9.92. The highest BCUT2D eigenvalue weighted by atomic mass is 16.3. The van der Waals surface area contributed by atoms with E-state index in [-0.39, 0.29) is 0 Å².